The van der Waals surface area contributed by atoms with Gasteiger partial charge in [-0.1, -0.05) is 19.3 Å². The molecule has 0 radical (unpaired) electrons. The summed E-state index contributed by atoms with van der Waals surface area (Å²) in [5, 5.41) is 13.8. The van der Waals surface area contributed by atoms with Crippen LogP contribution in [0, 0.1) is 0 Å². The minimum absolute atomic E-state index is 0.0427. The van der Waals surface area contributed by atoms with Gasteiger partial charge in [-0.3, -0.25) is 4.79 Å². The highest BCUT2D eigenvalue weighted by Crippen LogP contribution is 2.27. The zero-order valence-corrected chi connectivity index (χ0v) is 21.3. The first-order valence-electron chi connectivity index (χ1n) is 13.4. The summed E-state index contributed by atoms with van der Waals surface area (Å²) >= 11 is 0. The van der Waals surface area contributed by atoms with E-state index in [2.05, 4.69) is 25.2 Å². The Morgan fingerprint density at radius 1 is 1.17 bits per heavy atom. The molecule has 1 aliphatic heterocycles. The Balaban J connectivity index is 1.34. The van der Waals surface area contributed by atoms with Gasteiger partial charge in [0.25, 0.3) is 5.56 Å². The van der Waals surface area contributed by atoms with E-state index in [1.807, 2.05) is 24.3 Å². The number of methoxy groups -OCH3 is 1. The van der Waals surface area contributed by atoms with Crippen molar-refractivity contribution in [3.05, 3.63) is 46.0 Å². The van der Waals surface area contributed by atoms with Crippen molar-refractivity contribution in [3.8, 4) is 5.75 Å². The van der Waals surface area contributed by atoms with Crippen LogP contribution in [0.2, 0.25) is 0 Å². The summed E-state index contributed by atoms with van der Waals surface area (Å²) in [5.74, 6) is 1.66. The van der Waals surface area contributed by atoms with Crippen LogP contribution in [0.3, 0.4) is 0 Å². The van der Waals surface area contributed by atoms with Crippen LogP contribution < -0.4 is 20.1 Å². The van der Waals surface area contributed by atoms with Gasteiger partial charge in [0.2, 0.25) is 5.82 Å². The Morgan fingerprint density at radius 3 is 2.81 bits per heavy atom. The van der Waals surface area contributed by atoms with Gasteiger partial charge < -0.3 is 24.3 Å². The second-order valence-corrected chi connectivity index (χ2v) is 10.2. The fourth-order valence-corrected chi connectivity index (χ4v) is 5.65. The number of aromatic amines is 1. The van der Waals surface area contributed by atoms with E-state index in [9.17, 15) is 4.79 Å². The number of H-pyrrole nitrogens is 1. The molecule has 0 bridgehead atoms. The molecule has 2 aliphatic rings. The van der Waals surface area contributed by atoms with Crippen molar-refractivity contribution >= 4 is 10.9 Å². The lowest BCUT2D eigenvalue weighted by molar-refractivity contribution is -0.939. The Hall–Kier alpha value is -2.82. The lowest BCUT2D eigenvalue weighted by atomic mass is 9.95. The fourth-order valence-electron chi connectivity index (χ4n) is 5.65. The number of rotatable bonds is 10. The number of quaternary nitrogens is 2. The molecule has 3 N–H and O–H groups in total. The number of tetrazole rings is 1. The zero-order valence-electron chi connectivity index (χ0n) is 21.3. The summed E-state index contributed by atoms with van der Waals surface area (Å²) in [4.78, 5) is 19.0. The lowest BCUT2D eigenvalue weighted by Gasteiger charge is -2.26. The maximum atomic E-state index is 13.0. The lowest BCUT2D eigenvalue weighted by Crippen LogP contribution is -3.15. The maximum absolute atomic E-state index is 13.0. The van der Waals surface area contributed by atoms with E-state index >= 15 is 0 Å². The van der Waals surface area contributed by atoms with E-state index in [1.165, 1.54) is 24.2 Å². The van der Waals surface area contributed by atoms with Crippen molar-refractivity contribution in [1.29, 1.82) is 0 Å². The van der Waals surface area contributed by atoms with Gasteiger partial charge in [-0.2, -0.15) is 0 Å². The molecule has 5 rings (SSSR count). The second kappa shape index (κ2) is 11.9. The van der Waals surface area contributed by atoms with Crippen LogP contribution in [0.15, 0.2) is 29.1 Å². The van der Waals surface area contributed by atoms with Crippen molar-refractivity contribution in [2.24, 2.45) is 0 Å². The molecule has 1 saturated heterocycles. The van der Waals surface area contributed by atoms with Crippen molar-refractivity contribution in [2.45, 2.75) is 57.7 Å². The number of pyridine rings is 1. The minimum atomic E-state index is -0.0427. The molecule has 1 aromatic carbocycles. The van der Waals surface area contributed by atoms with Crippen molar-refractivity contribution in [1.82, 2.24) is 25.2 Å². The molecule has 0 amide bonds. The highest BCUT2D eigenvalue weighted by Gasteiger charge is 2.24. The van der Waals surface area contributed by atoms with Gasteiger partial charge in [0.1, 0.15) is 31.9 Å². The number of nitrogens with zero attached hydrogens (tertiary/aromatic N) is 4. The predicted molar refractivity (Wildman–Crippen MR) is 135 cm³/mol. The average Bonchev–Trinajstić information content (AvgIpc) is 3.38. The van der Waals surface area contributed by atoms with E-state index in [0.717, 1.165) is 86.7 Å². The molecule has 1 saturated carbocycles. The number of aromatic nitrogens is 5. The largest absolute Gasteiger partial charge is 0.497 e. The topological polar surface area (TPSA) is 104 Å². The van der Waals surface area contributed by atoms with Crippen LogP contribution in [-0.4, -0.2) is 71.7 Å². The molecular weight excluding hydrogens is 458 g/mol. The van der Waals surface area contributed by atoms with Crippen molar-refractivity contribution in [3.63, 3.8) is 0 Å². The summed E-state index contributed by atoms with van der Waals surface area (Å²) in [6.45, 7) is 7.26. The summed E-state index contributed by atoms with van der Waals surface area (Å²) < 4.78 is 12.9. The molecular formula is C26H39N7O3+2. The SMILES string of the molecule is COc1ccc2cc(C[NH+](CCC[NH+]3CCOCC3)Cc3nnnn3C3CCCCC3)c(=O)[nH]c2c1. The monoisotopic (exact) mass is 497 g/mol. The average molecular weight is 498 g/mol. The van der Waals surface area contributed by atoms with E-state index in [1.54, 1.807) is 12.0 Å². The molecule has 3 heterocycles. The number of ether oxygens (including phenoxy) is 2. The van der Waals surface area contributed by atoms with Gasteiger partial charge >= 0.3 is 0 Å². The first-order chi connectivity index (χ1) is 17.7. The third kappa shape index (κ3) is 6.11. The minimum Gasteiger partial charge on any atom is -0.497 e. The Kier molecular flexibility index (Phi) is 8.25. The van der Waals surface area contributed by atoms with Crippen LogP contribution in [-0.2, 0) is 17.8 Å². The number of fused-ring (bicyclic) bond motifs is 1. The first kappa shape index (κ1) is 24.9. The normalized spacial score (nSPS) is 18.5. The maximum Gasteiger partial charge on any atom is 0.257 e. The number of nitrogens with one attached hydrogen (secondary N) is 3. The molecule has 2 fully saturated rings. The van der Waals surface area contributed by atoms with Crippen LogP contribution in [0.5, 0.6) is 5.75 Å². The van der Waals surface area contributed by atoms with E-state index in [0.29, 0.717) is 19.1 Å². The quantitative estimate of drug-likeness (QED) is 0.362. The van der Waals surface area contributed by atoms with Gasteiger partial charge in [-0.15, -0.1) is 5.10 Å². The second-order valence-electron chi connectivity index (χ2n) is 10.2. The van der Waals surface area contributed by atoms with Gasteiger partial charge in [0, 0.05) is 12.5 Å². The molecule has 1 aliphatic carbocycles. The van der Waals surface area contributed by atoms with Gasteiger partial charge in [-0.05, 0) is 46.9 Å². The van der Waals surface area contributed by atoms with Crippen molar-refractivity contribution < 1.29 is 19.3 Å². The number of benzene rings is 1. The fraction of sp³-hybridized carbons (Fsp3) is 0.615. The smallest absolute Gasteiger partial charge is 0.257 e. The zero-order chi connectivity index (χ0) is 24.7. The Bertz CT molecular complexity index is 1180. The third-order valence-corrected chi connectivity index (χ3v) is 7.72. The van der Waals surface area contributed by atoms with Crippen LogP contribution >= 0.6 is 0 Å². The van der Waals surface area contributed by atoms with E-state index in [4.69, 9.17) is 9.47 Å². The van der Waals surface area contributed by atoms with Crippen LogP contribution in [0.1, 0.15) is 56.0 Å². The molecule has 194 valence electrons. The van der Waals surface area contributed by atoms with Gasteiger partial charge in [0.15, 0.2) is 0 Å². The van der Waals surface area contributed by atoms with Crippen LogP contribution in [0.4, 0.5) is 0 Å². The number of hydrogen-bond acceptors (Lipinski definition) is 6. The molecule has 10 heteroatoms. The molecule has 1 unspecified atom stereocenters. The highest BCUT2D eigenvalue weighted by atomic mass is 16.5. The van der Waals surface area contributed by atoms with Gasteiger partial charge in [0.05, 0.1) is 50.5 Å². The molecule has 0 spiro atoms. The Morgan fingerprint density at radius 2 is 2.00 bits per heavy atom. The summed E-state index contributed by atoms with van der Waals surface area (Å²) in [6, 6.07) is 8.21. The summed E-state index contributed by atoms with van der Waals surface area (Å²) in [6.07, 6.45) is 7.13. The van der Waals surface area contributed by atoms with Crippen molar-refractivity contribution in [2.75, 3.05) is 46.5 Å². The molecule has 1 atom stereocenters. The molecule has 3 aromatic rings. The Labute approximate surface area is 211 Å². The van der Waals surface area contributed by atoms with Gasteiger partial charge in [-0.25, -0.2) is 4.68 Å². The van der Waals surface area contributed by atoms with Crippen LogP contribution in [0.25, 0.3) is 10.9 Å². The highest BCUT2D eigenvalue weighted by molar-refractivity contribution is 5.80. The predicted octanol–water partition coefficient (Wildman–Crippen LogP) is -0.0813. The standard InChI is InChI=1S/C26H37N7O3/c1-35-23-9-8-20-16-21(26(34)27-24(20)17-23)18-32(11-5-10-31-12-14-36-15-13-31)19-25-28-29-30-33(25)22-6-3-2-4-7-22/h8-9,16-17,22H,2-7,10-15,18-19H2,1H3,(H,27,34)/p+2. The molecule has 36 heavy (non-hydrogen) atoms. The summed E-state index contributed by atoms with van der Waals surface area (Å²) in [5.41, 5.74) is 1.54. The van der Waals surface area contributed by atoms with E-state index < -0.39 is 0 Å². The number of hydrogen-bond donors (Lipinski definition) is 3. The third-order valence-electron chi connectivity index (χ3n) is 7.72. The molecule has 2 aromatic heterocycles. The van der Waals surface area contributed by atoms with E-state index in [-0.39, 0.29) is 5.56 Å². The molecule has 10 nitrogen and oxygen atoms in total. The first-order valence-corrected chi connectivity index (χ1v) is 13.4. The summed E-state index contributed by atoms with van der Waals surface area (Å²) in [7, 11) is 1.63. The number of morpholine rings is 1.